The fourth-order valence-electron chi connectivity index (χ4n) is 2.14. The Morgan fingerprint density at radius 1 is 1.25 bits per heavy atom. The monoisotopic (exact) mass is 214 g/mol. The maximum absolute atomic E-state index is 6.17. The second-order valence-electron chi connectivity index (χ2n) is 4.22. The molecule has 0 radical (unpaired) electrons. The Morgan fingerprint density at radius 3 is 2.62 bits per heavy atom. The fraction of sp³-hybridized carbons (Fsp3) is 0.286. The van der Waals surface area contributed by atoms with Crippen LogP contribution in [0.1, 0.15) is 5.56 Å². The average molecular weight is 214 g/mol. The molecular formula is C14H18N2. The lowest BCUT2D eigenvalue weighted by Crippen LogP contribution is -2.57. The van der Waals surface area contributed by atoms with Gasteiger partial charge in [0.2, 0.25) is 0 Å². The molecule has 1 aromatic carbocycles. The molecule has 84 valence electrons. The van der Waals surface area contributed by atoms with E-state index in [4.69, 9.17) is 5.73 Å². The molecule has 2 heteroatoms. The van der Waals surface area contributed by atoms with Crippen LogP contribution >= 0.6 is 0 Å². The van der Waals surface area contributed by atoms with Gasteiger partial charge in [-0.3, -0.25) is 0 Å². The molecule has 3 N–H and O–H groups in total. The normalized spacial score (nSPS) is 28.2. The van der Waals surface area contributed by atoms with Gasteiger partial charge in [0.25, 0.3) is 0 Å². The van der Waals surface area contributed by atoms with Crippen LogP contribution in [-0.4, -0.2) is 18.6 Å². The number of hydrogen-bond acceptors (Lipinski definition) is 2. The van der Waals surface area contributed by atoms with Crippen molar-refractivity contribution in [3.63, 3.8) is 0 Å². The van der Waals surface area contributed by atoms with Crippen LogP contribution < -0.4 is 11.1 Å². The molecule has 1 aliphatic carbocycles. The van der Waals surface area contributed by atoms with Crippen LogP contribution in [0.5, 0.6) is 0 Å². The van der Waals surface area contributed by atoms with Gasteiger partial charge in [0, 0.05) is 6.04 Å². The van der Waals surface area contributed by atoms with Gasteiger partial charge in [0.1, 0.15) is 0 Å². The highest BCUT2D eigenvalue weighted by atomic mass is 15.0. The van der Waals surface area contributed by atoms with Crippen LogP contribution in [-0.2, 0) is 6.42 Å². The van der Waals surface area contributed by atoms with E-state index in [9.17, 15) is 0 Å². The molecule has 2 unspecified atom stereocenters. The van der Waals surface area contributed by atoms with E-state index in [0.29, 0.717) is 0 Å². The molecular weight excluding hydrogens is 196 g/mol. The summed E-state index contributed by atoms with van der Waals surface area (Å²) in [7, 11) is 1.96. The van der Waals surface area contributed by atoms with Gasteiger partial charge in [0.05, 0.1) is 5.54 Å². The van der Waals surface area contributed by atoms with E-state index in [1.54, 1.807) is 0 Å². The molecule has 0 bridgehead atoms. The number of rotatable bonds is 3. The molecule has 0 fully saturated rings. The van der Waals surface area contributed by atoms with Crippen molar-refractivity contribution in [2.75, 3.05) is 7.05 Å². The number of allylic oxidation sites excluding steroid dienone is 2. The van der Waals surface area contributed by atoms with Crippen molar-refractivity contribution < 1.29 is 0 Å². The third kappa shape index (κ3) is 2.08. The molecule has 16 heavy (non-hydrogen) atoms. The Bertz CT molecular complexity index is 394. The van der Waals surface area contributed by atoms with E-state index >= 15 is 0 Å². The zero-order chi connectivity index (χ0) is 11.4. The van der Waals surface area contributed by atoms with E-state index in [0.717, 1.165) is 6.42 Å². The van der Waals surface area contributed by atoms with Crippen LogP contribution in [0.25, 0.3) is 0 Å². The van der Waals surface area contributed by atoms with E-state index < -0.39 is 0 Å². The molecule has 0 aromatic heterocycles. The second-order valence-corrected chi connectivity index (χ2v) is 4.22. The van der Waals surface area contributed by atoms with Crippen LogP contribution in [0.2, 0.25) is 0 Å². The van der Waals surface area contributed by atoms with E-state index in [1.807, 2.05) is 25.3 Å². The first-order chi connectivity index (χ1) is 7.77. The predicted molar refractivity (Wildman–Crippen MR) is 68.2 cm³/mol. The summed E-state index contributed by atoms with van der Waals surface area (Å²) in [6.45, 7) is 0. The highest BCUT2D eigenvalue weighted by Gasteiger charge is 2.32. The lowest BCUT2D eigenvalue weighted by Gasteiger charge is -2.36. The van der Waals surface area contributed by atoms with Crippen LogP contribution in [0.4, 0.5) is 0 Å². The molecule has 0 spiro atoms. The maximum Gasteiger partial charge on any atom is 0.0595 e. The molecule has 2 atom stereocenters. The molecule has 2 rings (SSSR count). The molecule has 0 aliphatic heterocycles. The van der Waals surface area contributed by atoms with Crippen molar-refractivity contribution in [1.82, 2.24) is 5.32 Å². The van der Waals surface area contributed by atoms with Gasteiger partial charge in [-0.05, 0) is 19.0 Å². The van der Waals surface area contributed by atoms with Crippen LogP contribution in [0.3, 0.4) is 0 Å². The quantitative estimate of drug-likeness (QED) is 0.802. The number of nitrogens with two attached hydrogens (primary N) is 1. The molecule has 0 amide bonds. The van der Waals surface area contributed by atoms with Gasteiger partial charge >= 0.3 is 0 Å². The van der Waals surface area contributed by atoms with Gasteiger partial charge in [-0.25, -0.2) is 0 Å². The summed E-state index contributed by atoms with van der Waals surface area (Å²) >= 11 is 0. The summed E-state index contributed by atoms with van der Waals surface area (Å²) in [6, 6.07) is 10.4. The Balaban J connectivity index is 2.23. The zero-order valence-corrected chi connectivity index (χ0v) is 9.56. The molecule has 0 saturated carbocycles. The Hall–Kier alpha value is -1.38. The minimum atomic E-state index is -0.157. The first-order valence-electron chi connectivity index (χ1n) is 5.61. The molecule has 0 saturated heterocycles. The first kappa shape index (κ1) is 11.1. The summed E-state index contributed by atoms with van der Waals surface area (Å²) in [5.41, 5.74) is 7.31. The molecule has 1 aliphatic rings. The van der Waals surface area contributed by atoms with Crippen molar-refractivity contribution in [2.24, 2.45) is 5.73 Å². The van der Waals surface area contributed by atoms with Crippen LogP contribution in [0, 0.1) is 0 Å². The van der Waals surface area contributed by atoms with Gasteiger partial charge in [-0.2, -0.15) is 0 Å². The number of benzene rings is 1. The standard InChI is InChI=1S/C14H18N2/c1-16-14(10-6-5-9-13(14)15)11-12-7-3-2-4-8-12/h2-10,13,16H,11,15H2,1H3. The summed E-state index contributed by atoms with van der Waals surface area (Å²) in [5, 5.41) is 3.35. The topological polar surface area (TPSA) is 38.0 Å². The molecule has 1 aromatic rings. The number of nitrogens with one attached hydrogen (secondary N) is 1. The average Bonchev–Trinajstić information content (AvgIpc) is 2.34. The van der Waals surface area contributed by atoms with Crippen molar-refractivity contribution >= 4 is 0 Å². The van der Waals surface area contributed by atoms with Crippen LogP contribution in [0.15, 0.2) is 54.6 Å². The van der Waals surface area contributed by atoms with Gasteiger partial charge in [-0.1, -0.05) is 54.6 Å². The fourth-order valence-corrected chi connectivity index (χ4v) is 2.14. The Labute approximate surface area is 96.9 Å². The van der Waals surface area contributed by atoms with E-state index in [-0.39, 0.29) is 11.6 Å². The third-order valence-corrected chi connectivity index (χ3v) is 3.22. The summed E-state index contributed by atoms with van der Waals surface area (Å²) < 4.78 is 0. The highest BCUT2D eigenvalue weighted by molar-refractivity contribution is 5.31. The predicted octanol–water partition coefficient (Wildman–Crippen LogP) is 1.64. The SMILES string of the molecule is CNC1(Cc2ccccc2)C=CC=CC1N. The maximum atomic E-state index is 6.17. The summed E-state index contributed by atoms with van der Waals surface area (Å²) in [5.74, 6) is 0. The lowest BCUT2D eigenvalue weighted by atomic mass is 9.81. The highest BCUT2D eigenvalue weighted by Crippen LogP contribution is 2.21. The summed E-state index contributed by atoms with van der Waals surface area (Å²) in [4.78, 5) is 0. The Morgan fingerprint density at radius 2 is 2.00 bits per heavy atom. The lowest BCUT2D eigenvalue weighted by molar-refractivity contribution is 0.389. The largest absolute Gasteiger partial charge is 0.323 e. The van der Waals surface area contributed by atoms with Crippen molar-refractivity contribution in [3.05, 3.63) is 60.2 Å². The van der Waals surface area contributed by atoms with Crippen molar-refractivity contribution in [1.29, 1.82) is 0 Å². The van der Waals surface area contributed by atoms with Gasteiger partial charge in [0.15, 0.2) is 0 Å². The van der Waals surface area contributed by atoms with E-state index in [1.165, 1.54) is 5.56 Å². The Kier molecular flexibility index (Phi) is 3.22. The minimum Gasteiger partial charge on any atom is -0.323 e. The summed E-state index contributed by atoms with van der Waals surface area (Å²) in [6.07, 6.45) is 9.17. The third-order valence-electron chi connectivity index (χ3n) is 3.22. The number of likely N-dealkylation sites (N-methyl/N-ethyl adjacent to an activating group) is 1. The molecule has 0 heterocycles. The van der Waals surface area contributed by atoms with Crippen molar-refractivity contribution in [2.45, 2.75) is 18.0 Å². The van der Waals surface area contributed by atoms with E-state index in [2.05, 4.69) is 41.7 Å². The zero-order valence-electron chi connectivity index (χ0n) is 9.56. The van der Waals surface area contributed by atoms with Gasteiger partial charge < -0.3 is 11.1 Å². The molecule has 2 nitrogen and oxygen atoms in total. The second kappa shape index (κ2) is 4.64. The first-order valence-corrected chi connectivity index (χ1v) is 5.61. The minimum absolute atomic E-state index is 0.0164. The smallest absolute Gasteiger partial charge is 0.0595 e. The van der Waals surface area contributed by atoms with Crippen molar-refractivity contribution in [3.8, 4) is 0 Å². The number of hydrogen-bond donors (Lipinski definition) is 2. The van der Waals surface area contributed by atoms with Gasteiger partial charge in [-0.15, -0.1) is 0 Å².